The van der Waals surface area contributed by atoms with Crippen LogP contribution in [0.2, 0.25) is 0 Å². The van der Waals surface area contributed by atoms with Crippen LogP contribution >= 0.6 is 11.3 Å². The van der Waals surface area contributed by atoms with Gasteiger partial charge in [-0.15, -0.1) is 11.3 Å². The summed E-state index contributed by atoms with van der Waals surface area (Å²) in [6.07, 6.45) is -0.203. The minimum atomic E-state index is -1.41. The highest BCUT2D eigenvalue weighted by molar-refractivity contribution is 7.13. The predicted molar refractivity (Wildman–Crippen MR) is 136 cm³/mol. The van der Waals surface area contributed by atoms with Gasteiger partial charge in [-0.2, -0.15) is 4.98 Å². The number of primary amides is 1. The number of rotatable bonds is 12. The molecule has 0 aliphatic rings. The Kier molecular flexibility index (Phi) is 9.04. The van der Waals surface area contributed by atoms with Crippen molar-refractivity contribution in [3.63, 3.8) is 0 Å². The van der Waals surface area contributed by atoms with Gasteiger partial charge in [-0.3, -0.25) is 4.79 Å². The van der Waals surface area contributed by atoms with Gasteiger partial charge in [0.25, 0.3) is 5.89 Å². The molecule has 0 spiro atoms. The summed E-state index contributed by atoms with van der Waals surface area (Å²) in [4.78, 5) is 16.7. The number of carbonyl (C=O) groups is 1. The summed E-state index contributed by atoms with van der Waals surface area (Å²) in [5.41, 5.74) is 10.3. The Bertz CT molecular complexity index is 1130. The molecule has 1 unspecified atom stereocenters. The molecule has 2 aromatic heterocycles. The van der Waals surface area contributed by atoms with Crippen molar-refractivity contribution in [1.82, 2.24) is 10.1 Å². The summed E-state index contributed by atoms with van der Waals surface area (Å²) in [5, 5.41) is 26.2. The molecule has 3 rings (SSSR count). The number of carbonyl (C=O) groups excluding carboxylic acids is 1. The standard InChI is InChI=1S/C26H35N3O5S/c1-6-16-9-18(10-17(7-2)22(16)33-12-20(30)11-21(31)24(27)32)25-28-26(34-29-25)23-15(5)19(13-35-23)8-14(3)4/h9-10,13-14,20-21,30-31H,6-8,11-12H2,1-5H3,(H2,27,32)/t20-,21?/m0/s1. The van der Waals surface area contributed by atoms with Crippen LogP contribution in [-0.4, -0.2) is 45.1 Å². The Morgan fingerprint density at radius 1 is 1.17 bits per heavy atom. The van der Waals surface area contributed by atoms with Crippen molar-refractivity contribution in [3.8, 4) is 27.9 Å². The van der Waals surface area contributed by atoms with Gasteiger partial charge in [-0.05, 0) is 71.9 Å². The molecule has 4 N–H and O–H groups in total. The van der Waals surface area contributed by atoms with Gasteiger partial charge in [0.05, 0.1) is 11.0 Å². The lowest BCUT2D eigenvalue weighted by molar-refractivity contribution is -0.127. The minimum absolute atomic E-state index is 0.0631. The van der Waals surface area contributed by atoms with E-state index in [4.69, 9.17) is 15.0 Å². The lowest BCUT2D eigenvalue weighted by Crippen LogP contribution is -2.33. The van der Waals surface area contributed by atoms with E-state index in [2.05, 4.69) is 36.3 Å². The van der Waals surface area contributed by atoms with E-state index in [1.165, 1.54) is 11.1 Å². The summed E-state index contributed by atoms with van der Waals surface area (Å²) < 4.78 is 11.6. The largest absolute Gasteiger partial charge is 0.490 e. The molecule has 1 amide bonds. The molecule has 3 aromatic rings. The zero-order valence-corrected chi connectivity index (χ0v) is 21.8. The molecule has 0 bridgehead atoms. The SMILES string of the molecule is CCc1cc(-c2noc(-c3scc(CC(C)C)c3C)n2)cc(CC)c1OC[C@@H](O)CC(O)C(N)=O. The van der Waals surface area contributed by atoms with Crippen LogP contribution < -0.4 is 10.5 Å². The number of hydrogen-bond acceptors (Lipinski definition) is 8. The Hall–Kier alpha value is -2.75. The number of amides is 1. The molecular formula is C26H35N3O5S. The van der Waals surface area contributed by atoms with Gasteiger partial charge in [0.1, 0.15) is 18.5 Å². The molecule has 2 atom stereocenters. The third kappa shape index (κ3) is 6.48. The fraction of sp³-hybridized carbons (Fsp3) is 0.500. The Balaban J connectivity index is 1.84. The molecule has 35 heavy (non-hydrogen) atoms. The van der Waals surface area contributed by atoms with Gasteiger partial charge in [0.2, 0.25) is 11.7 Å². The van der Waals surface area contributed by atoms with Crippen molar-refractivity contribution in [2.45, 2.75) is 72.5 Å². The third-order valence-corrected chi connectivity index (χ3v) is 7.02. The van der Waals surface area contributed by atoms with E-state index in [1.807, 2.05) is 26.0 Å². The molecule has 0 saturated heterocycles. The molecule has 9 heteroatoms. The monoisotopic (exact) mass is 501 g/mol. The molecule has 0 saturated carbocycles. The van der Waals surface area contributed by atoms with E-state index in [9.17, 15) is 15.0 Å². The first-order valence-corrected chi connectivity index (χ1v) is 12.9. The van der Waals surface area contributed by atoms with E-state index in [-0.39, 0.29) is 13.0 Å². The first kappa shape index (κ1) is 26.8. The lowest BCUT2D eigenvalue weighted by Gasteiger charge is -2.19. The molecule has 0 fully saturated rings. The molecule has 190 valence electrons. The van der Waals surface area contributed by atoms with Gasteiger partial charge < -0.3 is 25.2 Å². The van der Waals surface area contributed by atoms with Crippen LogP contribution in [0.25, 0.3) is 22.2 Å². The fourth-order valence-electron chi connectivity index (χ4n) is 3.95. The van der Waals surface area contributed by atoms with Crippen LogP contribution in [0.3, 0.4) is 0 Å². The first-order chi connectivity index (χ1) is 16.6. The van der Waals surface area contributed by atoms with E-state index in [0.717, 1.165) is 28.0 Å². The maximum Gasteiger partial charge on any atom is 0.268 e. The average molecular weight is 502 g/mol. The molecule has 2 heterocycles. The highest BCUT2D eigenvalue weighted by Crippen LogP contribution is 2.35. The average Bonchev–Trinajstić information content (AvgIpc) is 3.43. The van der Waals surface area contributed by atoms with Crippen molar-refractivity contribution in [2.75, 3.05) is 6.61 Å². The zero-order chi connectivity index (χ0) is 25.7. The molecule has 8 nitrogen and oxygen atoms in total. The predicted octanol–water partition coefficient (Wildman–Crippen LogP) is 4.07. The van der Waals surface area contributed by atoms with E-state index < -0.39 is 18.1 Å². The second kappa shape index (κ2) is 11.8. The number of benzene rings is 1. The van der Waals surface area contributed by atoms with Crippen LogP contribution in [0, 0.1) is 12.8 Å². The van der Waals surface area contributed by atoms with E-state index in [1.54, 1.807) is 11.3 Å². The summed E-state index contributed by atoms with van der Waals surface area (Å²) in [6.45, 7) is 10.5. The Morgan fingerprint density at radius 2 is 1.83 bits per heavy atom. The van der Waals surface area contributed by atoms with Crippen molar-refractivity contribution < 1.29 is 24.3 Å². The number of nitrogens with zero attached hydrogens (tertiary/aromatic N) is 2. The van der Waals surface area contributed by atoms with Crippen LogP contribution in [0.15, 0.2) is 22.0 Å². The second-order valence-corrected chi connectivity index (χ2v) is 10.1. The lowest BCUT2D eigenvalue weighted by atomic mass is 10.00. The third-order valence-electron chi connectivity index (χ3n) is 5.90. The van der Waals surface area contributed by atoms with Crippen molar-refractivity contribution in [1.29, 1.82) is 0 Å². The zero-order valence-electron chi connectivity index (χ0n) is 21.0. The van der Waals surface area contributed by atoms with E-state index in [0.29, 0.717) is 36.2 Å². The summed E-state index contributed by atoms with van der Waals surface area (Å²) >= 11 is 1.63. The van der Waals surface area contributed by atoms with Crippen LogP contribution in [0.5, 0.6) is 5.75 Å². The Labute approximate surface area is 210 Å². The van der Waals surface area contributed by atoms with Crippen molar-refractivity contribution in [2.24, 2.45) is 11.7 Å². The molecule has 0 aliphatic carbocycles. The Morgan fingerprint density at radius 3 is 2.40 bits per heavy atom. The fourth-order valence-corrected chi connectivity index (χ4v) is 4.98. The molecule has 0 aliphatic heterocycles. The van der Waals surface area contributed by atoms with Gasteiger partial charge in [0.15, 0.2) is 0 Å². The highest BCUT2D eigenvalue weighted by Gasteiger charge is 2.21. The number of aliphatic hydroxyl groups excluding tert-OH is 2. The van der Waals surface area contributed by atoms with Gasteiger partial charge in [0, 0.05) is 12.0 Å². The molecular weight excluding hydrogens is 466 g/mol. The molecule has 1 aromatic carbocycles. The first-order valence-electron chi connectivity index (χ1n) is 12.0. The number of aromatic nitrogens is 2. The normalized spacial score (nSPS) is 13.3. The number of aryl methyl sites for hydroxylation is 2. The quantitative estimate of drug-likeness (QED) is 0.341. The highest BCUT2D eigenvalue weighted by atomic mass is 32.1. The maximum absolute atomic E-state index is 11.0. The number of hydrogen-bond donors (Lipinski definition) is 3. The van der Waals surface area contributed by atoms with Crippen LogP contribution in [0.4, 0.5) is 0 Å². The van der Waals surface area contributed by atoms with Crippen LogP contribution in [0.1, 0.15) is 56.4 Å². The molecule has 0 radical (unpaired) electrons. The van der Waals surface area contributed by atoms with Crippen LogP contribution in [-0.2, 0) is 24.1 Å². The van der Waals surface area contributed by atoms with Gasteiger partial charge in [-0.25, -0.2) is 0 Å². The summed E-state index contributed by atoms with van der Waals surface area (Å²) in [5.74, 6) is 1.42. The topological polar surface area (TPSA) is 132 Å². The van der Waals surface area contributed by atoms with Crippen molar-refractivity contribution >= 4 is 17.2 Å². The number of nitrogens with two attached hydrogens (primary N) is 1. The minimum Gasteiger partial charge on any atom is -0.490 e. The van der Waals surface area contributed by atoms with Crippen molar-refractivity contribution in [3.05, 3.63) is 39.8 Å². The summed E-state index contributed by atoms with van der Waals surface area (Å²) in [7, 11) is 0. The van der Waals surface area contributed by atoms with Gasteiger partial charge >= 0.3 is 0 Å². The number of aliphatic hydroxyl groups is 2. The van der Waals surface area contributed by atoms with E-state index >= 15 is 0 Å². The smallest absolute Gasteiger partial charge is 0.268 e. The second-order valence-electron chi connectivity index (χ2n) is 9.19. The van der Waals surface area contributed by atoms with Gasteiger partial charge in [-0.1, -0.05) is 32.9 Å². The maximum atomic E-state index is 11.0. The summed E-state index contributed by atoms with van der Waals surface area (Å²) in [6, 6.07) is 3.94. The number of thiophene rings is 1. The number of ether oxygens (including phenoxy) is 1.